The summed E-state index contributed by atoms with van der Waals surface area (Å²) in [6.07, 6.45) is 0. The van der Waals surface area contributed by atoms with Crippen molar-refractivity contribution in [2.45, 2.75) is 0 Å². The molecule has 8 aromatic rings. The first-order chi connectivity index (χ1) is 20.2. The first-order valence-corrected chi connectivity index (χ1v) is 13.5. The molecule has 0 saturated carbocycles. The van der Waals surface area contributed by atoms with Crippen molar-refractivity contribution in [1.29, 1.82) is 0 Å². The van der Waals surface area contributed by atoms with Gasteiger partial charge in [0.25, 0.3) is 5.69 Å². The van der Waals surface area contributed by atoms with Crippen LogP contribution in [0.5, 0.6) is 0 Å². The quantitative estimate of drug-likeness (QED) is 0.168. The molecule has 0 aliphatic heterocycles. The molecule has 2 aromatic heterocycles. The molecule has 0 amide bonds. The summed E-state index contributed by atoms with van der Waals surface area (Å²) in [5.74, 6) is 0. The van der Waals surface area contributed by atoms with Crippen LogP contribution in [-0.4, -0.2) is 9.49 Å². The van der Waals surface area contributed by atoms with Crippen LogP contribution >= 0.6 is 0 Å². The fourth-order valence-corrected chi connectivity index (χ4v) is 6.14. The van der Waals surface area contributed by atoms with Crippen LogP contribution in [0.4, 0.5) is 5.69 Å². The van der Waals surface area contributed by atoms with E-state index in [-0.39, 0.29) is 10.6 Å². The SMILES string of the molecule is O=[N+]([O-])c1cc(-c2ccccc2)c(-n2c3ccccc3c3ccc4oc5ccccc5c4c32)c(-c2ccccc2)c1. The molecule has 6 aromatic carbocycles. The van der Waals surface area contributed by atoms with Crippen LogP contribution in [0.25, 0.3) is 71.7 Å². The number of nitro benzene ring substituents is 1. The summed E-state index contributed by atoms with van der Waals surface area (Å²) < 4.78 is 8.61. The summed E-state index contributed by atoms with van der Waals surface area (Å²) >= 11 is 0. The van der Waals surface area contributed by atoms with E-state index in [9.17, 15) is 10.1 Å². The van der Waals surface area contributed by atoms with E-state index in [2.05, 4.69) is 34.9 Å². The molecule has 0 aliphatic rings. The normalized spacial score (nSPS) is 11.6. The Bertz CT molecular complexity index is 2220. The summed E-state index contributed by atoms with van der Waals surface area (Å²) in [6.45, 7) is 0. The Morgan fingerprint density at radius 3 is 1.83 bits per heavy atom. The molecule has 5 heteroatoms. The highest BCUT2D eigenvalue weighted by Gasteiger charge is 2.25. The van der Waals surface area contributed by atoms with Gasteiger partial charge in [0.2, 0.25) is 0 Å². The minimum absolute atomic E-state index is 0.0473. The third kappa shape index (κ3) is 3.49. The Hall–Kier alpha value is -5.68. The zero-order valence-electron chi connectivity index (χ0n) is 21.8. The number of nitro groups is 1. The molecule has 2 heterocycles. The van der Waals surface area contributed by atoms with Gasteiger partial charge in [0.1, 0.15) is 11.2 Å². The van der Waals surface area contributed by atoms with Gasteiger partial charge in [-0.3, -0.25) is 10.1 Å². The Kier molecular flexibility index (Phi) is 5.06. The summed E-state index contributed by atoms with van der Waals surface area (Å²) in [5, 5.41) is 16.5. The van der Waals surface area contributed by atoms with E-state index in [1.807, 2.05) is 91.0 Å². The van der Waals surface area contributed by atoms with Crippen LogP contribution in [0.3, 0.4) is 0 Å². The van der Waals surface area contributed by atoms with E-state index in [0.29, 0.717) is 0 Å². The molecular weight excluding hydrogens is 508 g/mol. The highest BCUT2D eigenvalue weighted by molar-refractivity contribution is 6.25. The number of rotatable bonds is 4. The van der Waals surface area contributed by atoms with Gasteiger partial charge in [-0.25, -0.2) is 0 Å². The summed E-state index contributed by atoms with van der Waals surface area (Å²) in [4.78, 5) is 12.0. The topological polar surface area (TPSA) is 61.2 Å². The number of hydrogen-bond acceptors (Lipinski definition) is 3. The van der Waals surface area contributed by atoms with Crippen molar-refractivity contribution < 1.29 is 9.34 Å². The highest BCUT2D eigenvalue weighted by Crippen LogP contribution is 2.46. The predicted octanol–water partition coefficient (Wildman–Crippen LogP) is 9.93. The van der Waals surface area contributed by atoms with E-state index in [1.54, 1.807) is 12.1 Å². The van der Waals surface area contributed by atoms with Crippen molar-refractivity contribution in [1.82, 2.24) is 4.57 Å². The zero-order chi connectivity index (χ0) is 27.5. The van der Waals surface area contributed by atoms with Gasteiger partial charge in [0.15, 0.2) is 0 Å². The van der Waals surface area contributed by atoms with Crippen LogP contribution in [0.2, 0.25) is 0 Å². The predicted molar refractivity (Wildman–Crippen MR) is 166 cm³/mol. The van der Waals surface area contributed by atoms with Crippen LogP contribution in [0.15, 0.2) is 138 Å². The van der Waals surface area contributed by atoms with Gasteiger partial charge in [-0.1, -0.05) is 97.1 Å². The van der Waals surface area contributed by atoms with Gasteiger partial charge in [-0.05, 0) is 35.4 Å². The summed E-state index contributed by atoms with van der Waals surface area (Å²) in [6, 6.07) is 43.8. The minimum Gasteiger partial charge on any atom is -0.456 e. The van der Waals surface area contributed by atoms with Crippen LogP contribution in [-0.2, 0) is 0 Å². The smallest absolute Gasteiger partial charge is 0.270 e. The molecule has 0 radical (unpaired) electrons. The molecule has 0 N–H and O–H groups in total. The number of aromatic nitrogens is 1. The summed E-state index contributed by atoms with van der Waals surface area (Å²) in [5.41, 5.74) is 7.95. The van der Waals surface area contributed by atoms with Crippen LogP contribution in [0.1, 0.15) is 0 Å². The number of non-ortho nitro benzene ring substituents is 1. The monoisotopic (exact) mass is 530 g/mol. The standard InChI is InChI=1S/C36H22N2O3/c39-38(40)25-21-29(23-11-3-1-4-12-23)35(30(22-25)24-13-5-2-6-14-24)37-31-17-9-7-15-26(31)27-19-20-33-34(36(27)37)28-16-8-10-18-32(28)41-33/h1-22H. The molecule has 0 unspecified atom stereocenters. The van der Waals surface area contributed by atoms with Crippen LogP contribution < -0.4 is 0 Å². The van der Waals surface area contributed by atoms with E-state index in [0.717, 1.165) is 71.7 Å². The number of benzene rings is 6. The second-order valence-corrected chi connectivity index (χ2v) is 10.2. The maximum Gasteiger partial charge on any atom is 0.270 e. The third-order valence-corrected chi connectivity index (χ3v) is 7.87. The lowest BCUT2D eigenvalue weighted by atomic mass is 9.94. The highest BCUT2D eigenvalue weighted by atomic mass is 16.6. The van der Waals surface area contributed by atoms with Gasteiger partial charge < -0.3 is 8.98 Å². The lowest BCUT2D eigenvalue weighted by molar-refractivity contribution is -0.384. The minimum atomic E-state index is -0.309. The molecule has 0 bridgehead atoms. The number of furan rings is 1. The Morgan fingerprint density at radius 1 is 0.585 bits per heavy atom. The lowest BCUT2D eigenvalue weighted by Crippen LogP contribution is -2.03. The lowest BCUT2D eigenvalue weighted by Gasteiger charge is -2.19. The first kappa shape index (κ1) is 23.2. The van der Waals surface area contributed by atoms with Gasteiger partial charge in [-0.2, -0.15) is 0 Å². The molecule has 0 atom stereocenters. The number of para-hydroxylation sites is 2. The van der Waals surface area contributed by atoms with Crippen molar-refractivity contribution in [3.8, 4) is 27.9 Å². The number of hydrogen-bond donors (Lipinski definition) is 0. The van der Waals surface area contributed by atoms with Gasteiger partial charge in [0.05, 0.1) is 27.0 Å². The Labute approximate surface area is 234 Å². The molecule has 0 fully saturated rings. The number of nitrogens with zero attached hydrogens (tertiary/aromatic N) is 2. The van der Waals surface area contributed by atoms with E-state index >= 15 is 0 Å². The molecular formula is C36H22N2O3. The Morgan fingerprint density at radius 2 is 1.17 bits per heavy atom. The van der Waals surface area contributed by atoms with Crippen molar-refractivity contribution in [3.05, 3.63) is 144 Å². The molecule has 41 heavy (non-hydrogen) atoms. The fourth-order valence-electron chi connectivity index (χ4n) is 6.14. The summed E-state index contributed by atoms with van der Waals surface area (Å²) in [7, 11) is 0. The second-order valence-electron chi connectivity index (χ2n) is 10.2. The fraction of sp³-hybridized carbons (Fsp3) is 0. The van der Waals surface area contributed by atoms with E-state index < -0.39 is 0 Å². The van der Waals surface area contributed by atoms with Gasteiger partial charge in [0, 0.05) is 39.4 Å². The van der Waals surface area contributed by atoms with Crippen LogP contribution in [0, 0.1) is 10.1 Å². The van der Waals surface area contributed by atoms with E-state index in [1.165, 1.54) is 0 Å². The Balaban J connectivity index is 1.65. The molecule has 0 spiro atoms. The molecule has 0 aliphatic carbocycles. The van der Waals surface area contributed by atoms with Crippen molar-refractivity contribution in [2.75, 3.05) is 0 Å². The molecule has 194 valence electrons. The van der Waals surface area contributed by atoms with E-state index in [4.69, 9.17) is 4.42 Å². The average molecular weight is 531 g/mol. The molecule has 0 saturated heterocycles. The maximum atomic E-state index is 12.3. The van der Waals surface area contributed by atoms with Gasteiger partial charge in [-0.15, -0.1) is 0 Å². The van der Waals surface area contributed by atoms with Crippen molar-refractivity contribution >= 4 is 49.4 Å². The third-order valence-electron chi connectivity index (χ3n) is 7.87. The maximum absolute atomic E-state index is 12.3. The largest absolute Gasteiger partial charge is 0.456 e. The van der Waals surface area contributed by atoms with Gasteiger partial charge >= 0.3 is 0 Å². The molecule has 8 rings (SSSR count). The van der Waals surface area contributed by atoms with Crippen molar-refractivity contribution in [3.63, 3.8) is 0 Å². The molecule has 5 nitrogen and oxygen atoms in total. The van der Waals surface area contributed by atoms with Crippen molar-refractivity contribution in [2.24, 2.45) is 0 Å². The second kappa shape index (κ2) is 8.93. The first-order valence-electron chi connectivity index (χ1n) is 13.5. The number of fused-ring (bicyclic) bond motifs is 7. The average Bonchev–Trinajstić information content (AvgIpc) is 3.57. The zero-order valence-corrected chi connectivity index (χ0v) is 21.8.